The van der Waals surface area contributed by atoms with Gasteiger partial charge in [0.2, 0.25) is 5.91 Å². The van der Waals surface area contributed by atoms with E-state index in [0.717, 1.165) is 18.4 Å². The SMILES string of the molecule is COC(=O)N(C)C(=O)CCCNC(=O)N(O)C(=O)[C@@H](C=S)CCC(C)C. The fourth-order valence-corrected chi connectivity index (χ4v) is 2.19. The van der Waals surface area contributed by atoms with Gasteiger partial charge in [0, 0.05) is 20.0 Å². The van der Waals surface area contributed by atoms with Gasteiger partial charge in [0.05, 0.1) is 13.0 Å². The second kappa shape index (κ2) is 12.3. The summed E-state index contributed by atoms with van der Waals surface area (Å²) >= 11 is 4.80. The molecule has 10 heteroatoms. The fourth-order valence-electron chi connectivity index (χ4n) is 1.94. The molecule has 0 aromatic carbocycles. The Morgan fingerprint density at radius 3 is 2.35 bits per heavy atom. The van der Waals surface area contributed by atoms with Crippen LogP contribution in [0.5, 0.6) is 0 Å². The van der Waals surface area contributed by atoms with Crippen LogP contribution < -0.4 is 5.32 Å². The van der Waals surface area contributed by atoms with E-state index in [0.29, 0.717) is 12.3 Å². The summed E-state index contributed by atoms with van der Waals surface area (Å²) in [6.07, 6.45) is 0.604. The van der Waals surface area contributed by atoms with E-state index >= 15 is 0 Å². The van der Waals surface area contributed by atoms with Crippen molar-refractivity contribution in [3.63, 3.8) is 0 Å². The molecule has 0 fully saturated rings. The van der Waals surface area contributed by atoms with Gasteiger partial charge in [0.15, 0.2) is 0 Å². The summed E-state index contributed by atoms with van der Waals surface area (Å²) in [5, 5.41) is 13.3. The number of hydrogen-bond acceptors (Lipinski definition) is 7. The smallest absolute Gasteiger partial charge is 0.415 e. The number of hydrogen-bond donors (Lipinski definition) is 2. The summed E-state index contributed by atoms with van der Waals surface area (Å²) < 4.78 is 4.41. The van der Waals surface area contributed by atoms with Crippen LogP contribution in [0.25, 0.3) is 0 Å². The molecule has 0 radical (unpaired) electrons. The van der Waals surface area contributed by atoms with Gasteiger partial charge in [-0.25, -0.2) is 9.59 Å². The van der Waals surface area contributed by atoms with E-state index in [1.54, 1.807) is 0 Å². The fraction of sp³-hybridized carbons (Fsp3) is 0.688. The largest absolute Gasteiger partial charge is 0.452 e. The molecule has 0 bridgehead atoms. The Balaban J connectivity index is 4.33. The minimum Gasteiger partial charge on any atom is -0.452 e. The zero-order valence-electron chi connectivity index (χ0n) is 15.6. The highest BCUT2D eigenvalue weighted by Gasteiger charge is 2.26. The lowest BCUT2D eigenvalue weighted by atomic mass is 9.98. The number of nitrogens with zero attached hydrogens (tertiary/aromatic N) is 2. The minimum absolute atomic E-state index is 0.0101. The first-order valence-electron chi connectivity index (χ1n) is 8.26. The van der Waals surface area contributed by atoms with Crippen molar-refractivity contribution in [1.29, 1.82) is 0 Å². The highest BCUT2D eigenvalue weighted by Crippen LogP contribution is 2.13. The van der Waals surface area contributed by atoms with Crippen LogP contribution >= 0.6 is 12.2 Å². The average molecular weight is 389 g/mol. The first-order chi connectivity index (χ1) is 12.1. The van der Waals surface area contributed by atoms with Gasteiger partial charge >= 0.3 is 12.1 Å². The predicted molar refractivity (Wildman–Crippen MR) is 97.7 cm³/mol. The van der Waals surface area contributed by atoms with Crippen LogP contribution in [0, 0.1) is 11.8 Å². The Labute approximate surface area is 158 Å². The van der Waals surface area contributed by atoms with E-state index in [2.05, 4.69) is 10.1 Å². The maximum Gasteiger partial charge on any atom is 0.415 e. The van der Waals surface area contributed by atoms with Crippen molar-refractivity contribution < 1.29 is 29.1 Å². The lowest BCUT2D eigenvalue weighted by molar-refractivity contribution is -0.155. The summed E-state index contributed by atoms with van der Waals surface area (Å²) in [6, 6.07) is -0.991. The summed E-state index contributed by atoms with van der Waals surface area (Å²) in [5.41, 5.74) is 0. The first-order valence-corrected chi connectivity index (χ1v) is 8.73. The molecule has 0 spiro atoms. The number of urea groups is 1. The molecule has 9 nitrogen and oxygen atoms in total. The molecular formula is C16H27N3O6S. The third kappa shape index (κ3) is 8.34. The lowest BCUT2D eigenvalue weighted by Gasteiger charge is -2.19. The maximum atomic E-state index is 12.1. The Kier molecular flexibility index (Phi) is 11.3. The van der Waals surface area contributed by atoms with Crippen molar-refractivity contribution in [2.75, 3.05) is 20.7 Å². The molecule has 0 saturated heterocycles. The topological polar surface area (TPSA) is 116 Å². The number of carbonyl (C=O) groups is 4. The summed E-state index contributed by atoms with van der Waals surface area (Å²) in [7, 11) is 2.44. The zero-order valence-corrected chi connectivity index (χ0v) is 16.4. The van der Waals surface area contributed by atoms with Crippen molar-refractivity contribution in [3.8, 4) is 0 Å². The molecule has 0 unspecified atom stereocenters. The summed E-state index contributed by atoms with van der Waals surface area (Å²) in [4.78, 5) is 47.5. The van der Waals surface area contributed by atoms with Gasteiger partial charge in [-0.3, -0.25) is 19.7 Å². The van der Waals surface area contributed by atoms with E-state index in [4.69, 9.17) is 12.2 Å². The Hall–Kier alpha value is -2.07. The molecule has 0 aromatic heterocycles. The molecule has 0 aromatic rings. The molecule has 26 heavy (non-hydrogen) atoms. The van der Waals surface area contributed by atoms with Crippen molar-refractivity contribution in [2.45, 2.75) is 39.5 Å². The maximum absolute atomic E-state index is 12.1. The molecular weight excluding hydrogens is 362 g/mol. The molecule has 0 rings (SSSR count). The summed E-state index contributed by atoms with van der Waals surface area (Å²) in [6.45, 7) is 4.03. The number of hydroxylamine groups is 2. The van der Waals surface area contributed by atoms with Crippen molar-refractivity contribution in [2.24, 2.45) is 11.8 Å². The van der Waals surface area contributed by atoms with Crippen LogP contribution in [0.15, 0.2) is 0 Å². The molecule has 1 atom stereocenters. The zero-order chi connectivity index (χ0) is 20.3. The number of rotatable bonds is 9. The average Bonchev–Trinajstić information content (AvgIpc) is 2.62. The van der Waals surface area contributed by atoms with Crippen LogP contribution in [-0.4, -0.2) is 65.2 Å². The normalized spacial score (nSPS) is 11.5. The predicted octanol–water partition coefficient (Wildman–Crippen LogP) is 1.97. The van der Waals surface area contributed by atoms with Gasteiger partial charge in [0.25, 0.3) is 5.91 Å². The molecule has 2 N–H and O–H groups in total. The number of carbonyl (C=O) groups excluding carboxylic acids is 4. The molecule has 0 heterocycles. The van der Waals surface area contributed by atoms with Crippen LogP contribution in [0.2, 0.25) is 0 Å². The highest BCUT2D eigenvalue weighted by molar-refractivity contribution is 7.79. The van der Waals surface area contributed by atoms with E-state index < -0.39 is 29.9 Å². The van der Waals surface area contributed by atoms with Gasteiger partial charge < -0.3 is 10.1 Å². The number of methoxy groups -OCH3 is 1. The van der Waals surface area contributed by atoms with Gasteiger partial charge in [-0.2, -0.15) is 0 Å². The second-order valence-electron chi connectivity index (χ2n) is 6.12. The monoisotopic (exact) mass is 389 g/mol. The van der Waals surface area contributed by atoms with E-state index in [1.165, 1.54) is 12.4 Å². The standard InChI is InChI=1S/C16H27N3O6S/c1-11(2)7-8-12(10-26)14(21)19(24)15(22)17-9-5-6-13(20)18(3)16(23)25-4/h10-12,24H,5-9H2,1-4H3,(H,17,22)/t12-/m1/s1. The van der Waals surface area contributed by atoms with Crippen molar-refractivity contribution >= 4 is 41.5 Å². The first kappa shape index (κ1) is 23.9. The Bertz CT molecular complexity index is 526. The number of ether oxygens (including phenoxy) is 1. The number of thiocarbonyl (C=S) groups is 1. The van der Waals surface area contributed by atoms with Crippen LogP contribution in [0.4, 0.5) is 9.59 Å². The van der Waals surface area contributed by atoms with E-state index in [1.807, 2.05) is 13.8 Å². The molecule has 0 aliphatic heterocycles. The van der Waals surface area contributed by atoms with Gasteiger partial charge in [-0.15, -0.1) is 5.06 Å². The number of amides is 5. The highest BCUT2D eigenvalue weighted by atomic mass is 32.1. The van der Waals surface area contributed by atoms with Crippen molar-refractivity contribution in [3.05, 3.63) is 0 Å². The van der Waals surface area contributed by atoms with Crippen LogP contribution in [0.1, 0.15) is 39.5 Å². The van der Waals surface area contributed by atoms with Crippen molar-refractivity contribution in [1.82, 2.24) is 15.3 Å². The molecule has 0 saturated carbocycles. The molecule has 0 aliphatic rings. The Morgan fingerprint density at radius 1 is 1.23 bits per heavy atom. The van der Waals surface area contributed by atoms with Gasteiger partial charge in [-0.05, 0) is 30.5 Å². The van der Waals surface area contributed by atoms with E-state index in [-0.39, 0.29) is 24.4 Å². The number of imide groups is 2. The van der Waals surface area contributed by atoms with Gasteiger partial charge in [0.1, 0.15) is 0 Å². The molecule has 148 valence electrons. The van der Waals surface area contributed by atoms with Crippen LogP contribution in [0.3, 0.4) is 0 Å². The third-order valence-electron chi connectivity index (χ3n) is 3.60. The molecule has 0 aliphatic carbocycles. The van der Waals surface area contributed by atoms with Crippen LogP contribution in [-0.2, 0) is 14.3 Å². The van der Waals surface area contributed by atoms with Gasteiger partial charge in [-0.1, -0.05) is 26.1 Å². The third-order valence-corrected chi connectivity index (χ3v) is 3.93. The lowest BCUT2D eigenvalue weighted by Crippen LogP contribution is -2.45. The Morgan fingerprint density at radius 2 is 1.85 bits per heavy atom. The minimum atomic E-state index is -0.991. The quantitative estimate of drug-likeness (QED) is 0.268. The summed E-state index contributed by atoms with van der Waals surface area (Å²) in [5.74, 6) is -1.63. The molecule has 5 amide bonds. The second-order valence-corrected chi connectivity index (χ2v) is 6.39. The van der Waals surface area contributed by atoms with E-state index in [9.17, 15) is 24.4 Å². The number of nitrogens with one attached hydrogen (secondary N) is 1.